The molecule has 2 rings (SSSR count). The van der Waals surface area contributed by atoms with Gasteiger partial charge in [-0.1, -0.05) is 0 Å². The molecule has 1 aliphatic heterocycles. The van der Waals surface area contributed by atoms with Crippen LogP contribution in [0.1, 0.15) is 17.0 Å². The summed E-state index contributed by atoms with van der Waals surface area (Å²) in [5.41, 5.74) is 5.73. The van der Waals surface area contributed by atoms with Gasteiger partial charge in [0, 0.05) is 38.6 Å². The van der Waals surface area contributed by atoms with Crippen molar-refractivity contribution in [2.24, 2.45) is 12.8 Å². The Morgan fingerprint density at radius 1 is 1.71 bits per heavy atom. The Morgan fingerprint density at radius 3 is 3.00 bits per heavy atom. The second kappa shape index (κ2) is 3.42. The minimum Gasteiger partial charge on any atom is -0.334 e. The molecule has 14 heavy (non-hydrogen) atoms. The smallest absolute Gasteiger partial charge is 0.289 e. The van der Waals surface area contributed by atoms with E-state index >= 15 is 0 Å². The SMILES string of the molecule is Cn1ccnc1C(=O)N1CC[C@@H](N)C1. The zero-order valence-electron chi connectivity index (χ0n) is 8.18. The average Bonchev–Trinajstić information content (AvgIpc) is 2.73. The quantitative estimate of drug-likeness (QED) is 0.661. The average molecular weight is 194 g/mol. The van der Waals surface area contributed by atoms with Crippen LogP contribution in [0, 0.1) is 0 Å². The maximum atomic E-state index is 11.9. The normalized spacial score (nSPS) is 21.6. The van der Waals surface area contributed by atoms with Crippen molar-refractivity contribution in [3.63, 3.8) is 0 Å². The van der Waals surface area contributed by atoms with Crippen LogP contribution in [0.5, 0.6) is 0 Å². The Kier molecular flexibility index (Phi) is 2.25. The first-order valence-electron chi connectivity index (χ1n) is 4.70. The number of aromatic nitrogens is 2. The molecule has 2 heterocycles. The van der Waals surface area contributed by atoms with E-state index in [1.165, 1.54) is 0 Å². The molecular weight excluding hydrogens is 180 g/mol. The first-order valence-corrected chi connectivity index (χ1v) is 4.70. The van der Waals surface area contributed by atoms with Crippen LogP contribution in [0.15, 0.2) is 12.4 Å². The summed E-state index contributed by atoms with van der Waals surface area (Å²) in [5.74, 6) is 0.463. The molecule has 1 atom stereocenters. The van der Waals surface area contributed by atoms with E-state index in [4.69, 9.17) is 5.73 Å². The third kappa shape index (κ3) is 1.50. The fraction of sp³-hybridized carbons (Fsp3) is 0.556. The monoisotopic (exact) mass is 194 g/mol. The molecule has 1 amide bonds. The topological polar surface area (TPSA) is 64.2 Å². The van der Waals surface area contributed by atoms with Gasteiger partial charge in [-0.2, -0.15) is 0 Å². The summed E-state index contributed by atoms with van der Waals surface area (Å²) in [4.78, 5) is 17.6. The third-order valence-electron chi connectivity index (χ3n) is 2.52. The second-order valence-corrected chi connectivity index (χ2v) is 3.66. The molecule has 0 aliphatic carbocycles. The number of nitrogens with two attached hydrogens (primary N) is 1. The van der Waals surface area contributed by atoms with Gasteiger partial charge in [-0.15, -0.1) is 0 Å². The largest absolute Gasteiger partial charge is 0.334 e. The molecule has 1 saturated heterocycles. The molecule has 0 unspecified atom stereocenters. The first-order chi connectivity index (χ1) is 6.68. The van der Waals surface area contributed by atoms with Crippen LogP contribution >= 0.6 is 0 Å². The van der Waals surface area contributed by atoms with Crippen LogP contribution in [0.4, 0.5) is 0 Å². The van der Waals surface area contributed by atoms with E-state index in [1.54, 1.807) is 21.9 Å². The van der Waals surface area contributed by atoms with Crippen LogP contribution in [0.25, 0.3) is 0 Å². The van der Waals surface area contributed by atoms with Gasteiger partial charge in [0.15, 0.2) is 5.82 Å². The summed E-state index contributed by atoms with van der Waals surface area (Å²) in [6.45, 7) is 1.39. The van der Waals surface area contributed by atoms with Crippen molar-refractivity contribution in [3.8, 4) is 0 Å². The lowest BCUT2D eigenvalue weighted by atomic mass is 10.3. The number of hydrogen-bond acceptors (Lipinski definition) is 3. The molecule has 1 aromatic rings. The second-order valence-electron chi connectivity index (χ2n) is 3.66. The zero-order chi connectivity index (χ0) is 10.1. The highest BCUT2D eigenvalue weighted by Gasteiger charge is 2.26. The van der Waals surface area contributed by atoms with E-state index in [9.17, 15) is 4.79 Å². The van der Waals surface area contributed by atoms with Gasteiger partial charge in [0.05, 0.1) is 0 Å². The van der Waals surface area contributed by atoms with Crippen LogP contribution in [-0.4, -0.2) is 39.5 Å². The number of rotatable bonds is 1. The van der Waals surface area contributed by atoms with Crippen molar-refractivity contribution < 1.29 is 4.79 Å². The van der Waals surface area contributed by atoms with Crippen LogP contribution in [-0.2, 0) is 7.05 Å². The molecule has 76 valence electrons. The Bertz CT molecular complexity index is 346. The first kappa shape index (κ1) is 9.21. The van der Waals surface area contributed by atoms with Crippen LogP contribution in [0.2, 0.25) is 0 Å². The maximum absolute atomic E-state index is 11.9. The minimum absolute atomic E-state index is 0.0227. The third-order valence-corrected chi connectivity index (χ3v) is 2.52. The van der Waals surface area contributed by atoms with Crippen molar-refractivity contribution in [1.29, 1.82) is 0 Å². The number of imidazole rings is 1. The highest BCUT2D eigenvalue weighted by molar-refractivity contribution is 5.91. The van der Waals surface area contributed by atoms with Gasteiger partial charge in [-0.05, 0) is 6.42 Å². The predicted molar refractivity (Wildman–Crippen MR) is 51.7 cm³/mol. The van der Waals surface area contributed by atoms with E-state index in [1.807, 2.05) is 7.05 Å². The summed E-state index contributed by atoms with van der Waals surface area (Å²) in [6.07, 6.45) is 4.28. The lowest BCUT2D eigenvalue weighted by Crippen LogP contribution is -2.33. The van der Waals surface area contributed by atoms with Gasteiger partial charge in [-0.25, -0.2) is 4.98 Å². The standard InChI is InChI=1S/C9H14N4O/c1-12-5-3-11-8(12)9(14)13-4-2-7(10)6-13/h3,5,7H,2,4,6,10H2,1H3/t7-/m1/s1. The molecule has 0 aromatic carbocycles. The predicted octanol–water partition coefficient (Wildman–Crippen LogP) is -0.407. The number of carbonyl (C=O) groups is 1. The summed E-state index contributed by atoms with van der Waals surface area (Å²) in [6, 6.07) is 0.124. The van der Waals surface area contributed by atoms with E-state index in [-0.39, 0.29) is 11.9 Å². The van der Waals surface area contributed by atoms with Crippen molar-refractivity contribution in [2.45, 2.75) is 12.5 Å². The Balaban J connectivity index is 2.13. The molecule has 1 aromatic heterocycles. The fourth-order valence-corrected chi connectivity index (χ4v) is 1.68. The summed E-state index contributed by atoms with van der Waals surface area (Å²) >= 11 is 0. The molecule has 1 aliphatic rings. The molecule has 5 heteroatoms. The van der Waals surface area contributed by atoms with E-state index in [2.05, 4.69) is 4.98 Å². The lowest BCUT2D eigenvalue weighted by molar-refractivity contribution is 0.0775. The van der Waals surface area contributed by atoms with Crippen LogP contribution < -0.4 is 5.73 Å². The molecule has 1 fully saturated rings. The van der Waals surface area contributed by atoms with Crippen molar-refractivity contribution >= 4 is 5.91 Å². The van der Waals surface area contributed by atoms with E-state index in [0.717, 1.165) is 13.0 Å². The highest BCUT2D eigenvalue weighted by atomic mass is 16.2. The summed E-state index contributed by atoms with van der Waals surface area (Å²) < 4.78 is 1.73. The number of likely N-dealkylation sites (tertiary alicyclic amines) is 1. The summed E-state index contributed by atoms with van der Waals surface area (Å²) in [7, 11) is 1.82. The fourth-order valence-electron chi connectivity index (χ4n) is 1.68. The Labute approximate surface area is 82.5 Å². The van der Waals surface area contributed by atoms with Crippen molar-refractivity contribution in [2.75, 3.05) is 13.1 Å². The molecule has 0 saturated carbocycles. The highest BCUT2D eigenvalue weighted by Crippen LogP contribution is 2.10. The van der Waals surface area contributed by atoms with Gasteiger partial charge in [0.1, 0.15) is 0 Å². The molecule has 0 radical (unpaired) electrons. The number of hydrogen-bond donors (Lipinski definition) is 1. The molecule has 2 N–H and O–H groups in total. The molecular formula is C9H14N4O. The van der Waals surface area contributed by atoms with Gasteiger partial charge >= 0.3 is 0 Å². The van der Waals surface area contributed by atoms with Crippen molar-refractivity contribution in [1.82, 2.24) is 14.5 Å². The summed E-state index contributed by atoms with van der Waals surface area (Å²) in [5, 5.41) is 0. The molecule has 5 nitrogen and oxygen atoms in total. The number of carbonyl (C=O) groups excluding carboxylic acids is 1. The van der Waals surface area contributed by atoms with Gasteiger partial charge in [0.25, 0.3) is 5.91 Å². The Hall–Kier alpha value is -1.36. The van der Waals surface area contributed by atoms with E-state index in [0.29, 0.717) is 12.4 Å². The van der Waals surface area contributed by atoms with E-state index < -0.39 is 0 Å². The van der Waals surface area contributed by atoms with Crippen LogP contribution in [0.3, 0.4) is 0 Å². The van der Waals surface area contributed by atoms with Gasteiger partial charge < -0.3 is 15.2 Å². The van der Waals surface area contributed by atoms with Gasteiger partial charge in [0.2, 0.25) is 0 Å². The number of nitrogens with zero attached hydrogens (tertiary/aromatic N) is 3. The maximum Gasteiger partial charge on any atom is 0.289 e. The zero-order valence-corrected chi connectivity index (χ0v) is 8.18. The Morgan fingerprint density at radius 2 is 2.50 bits per heavy atom. The number of aryl methyl sites for hydroxylation is 1. The molecule has 0 bridgehead atoms. The molecule has 0 spiro atoms. The van der Waals surface area contributed by atoms with Gasteiger partial charge in [-0.3, -0.25) is 4.79 Å². The van der Waals surface area contributed by atoms with Crippen molar-refractivity contribution in [3.05, 3.63) is 18.2 Å². The number of amides is 1. The lowest BCUT2D eigenvalue weighted by Gasteiger charge is -2.14. The minimum atomic E-state index is -0.0227.